The summed E-state index contributed by atoms with van der Waals surface area (Å²) in [5.41, 5.74) is 0.720. The van der Waals surface area contributed by atoms with Gasteiger partial charge in [-0.1, -0.05) is 58.3 Å². The van der Waals surface area contributed by atoms with E-state index in [1.807, 2.05) is 6.92 Å². The van der Waals surface area contributed by atoms with Crippen LogP contribution in [0.1, 0.15) is 85.0 Å². The topological polar surface area (TPSA) is 69.8 Å². The zero-order chi connectivity index (χ0) is 20.8. The lowest BCUT2D eigenvalue weighted by atomic mass is 10.1. The maximum absolute atomic E-state index is 12.1. The molecule has 0 fully saturated rings. The summed E-state index contributed by atoms with van der Waals surface area (Å²) in [6.45, 7) is 6.83. The highest BCUT2D eigenvalue weighted by Gasteiger charge is 2.22. The second kappa shape index (κ2) is 14.0. The van der Waals surface area contributed by atoms with Crippen molar-refractivity contribution in [1.82, 2.24) is 4.90 Å². The van der Waals surface area contributed by atoms with Crippen molar-refractivity contribution < 1.29 is 24.0 Å². The molecule has 1 aliphatic heterocycles. The van der Waals surface area contributed by atoms with Gasteiger partial charge in [0.15, 0.2) is 12.8 Å². The zero-order valence-electron chi connectivity index (χ0n) is 17.8. The smallest absolute Gasteiger partial charge is 0.369 e. The molecular weight excluding hydrogens is 356 g/mol. The predicted molar refractivity (Wildman–Crippen MR) is 110 cm³/mol. The molecular formula is C22H37N2O4+. The second-order valence-corrected chi connectivity index (χ2v) is 7.50. The molecule has 1 aliphatic rings. The molecule has 0 aromatic heterocycles. The molecule has 0 amide bonds. The van der Waals surface area contributed by atoms with Crippen LogP contribution in [0.4, 0.5) is 0 Å². The molecule has 0 radical (unpaired) electrons. The first-order valence-corrected chi connectivity index (χ1v) is 10.7. The van der Waals surface area contributed by atoms with Gasteiger partial charge in [0.1, 0.15) is 0 Å². The van der Waals surface area contributed by atoms with Crippen molar-refractivity contribution in [3.05, 3.63) is 0 Å². The number of carbonyl (C=O) groups is 2. The molecule has 0 saturated carbocycles. The van der Waals surface area contributed by atoms with Gasteiger partial charge in [0.2, 0.25) is 12.3 Å². The van der Waals surface area contributed by atoms with Gasteiger partial charge in [-0.25, -0.2) is 9.37 Å². The minimum Gasteiger partial charge on any atom is -0.477 e. The SMILES string of the molecule is CCCCCCCCCCCC(=O)OC(C)N1C#CC(C)=[N+](CC(=O)O)CC1. The number of rotatable bonds is 14. The van der Waals surface area contributed by atoms with Crippen molar-refractivity contribution in [2.45, 2.75) is 91.2 Å². The van der Waals surface area contributed by atoms with E-state index in [1.165, 1.54) is 44.9 Å². The zero-order valence-corrected chi connectivity index (χ0v) is 17.8. The van der Waals surface area contributed by atoms with E-state index in [0.717, 1.165) is 18.6 Å². The molecule has 6 nitrogen and oxygen atoms in total. The van der Waals surface area contributed by atoms with Crippen molar-refractivity contribution in [3.63, 3.8) is 0 Å². The fourth-order valence-corrected chi connectivity index (χ4v) is 3.21. The third kappa shape index (κ3) is 10.3. The second-order valence-electron chi connectivity index (χ2n) is 7.50. The number of aliphatic carboxylic acids is 1. The summed E-state index contributed by atoms with van der Waals surface area (Å²) in [5.74, 6) is 1.88. The molecule has 28 heavy (non-hydrogen) atoms. The van der Waals surface area contributed by atoms with Gasteiger partial charge in [-0.15, -0.1) is 0 Å². The first kappa shape index (κ1) is 24.0. The number of carboxylic acids is 1. The van der Waals surface area contributed by atoms with E-state index in [2.05, 4.69) is 18.9 Å². The Kier molecular flexibility index (Phi) is 12.0. The Morgan fingerprint density at radius 1 is 1.14 bits per heavy atom. The third-order valence-corrected chi connectivity index (χ3v) is 5.02. The predicted octanol–water partition coefficient (Wildman–Crippen LogP) is 3.63. The maximum Gasteiger partial charge on any atom is 0.369 e. The Balaban J connectivity index is 2.22. The number of esters is 1. The highest BCUT2D eigenvalue weighted by Crippen LogP contribution is 2.11. The van der Waals surface area contributed by atoms with Crippen LogP contribution in [0.2, 0.25) is 0 Å². The molecule has 0 aromatic rings. The first-order chi connectivity index (χ1) is 13.4. The Hall–Kier alpha value is -2.03. The van der Waals surface area contributed by atoms with Gasteiger partial charge in [0, 0.05) is 25.3 Å². The molecule has 0 aliphatic carbocycles. The van der Waals surface area contributed by atoms with Gasteiger partial charge < -0.3 is 9.84 Å². The number of nitrogens with zero attached hydrogens (tertiary/aromatic N) is 2. The van der Waals surface area contributed by atoms with Crippen LogP contribution in [0.15, 0.2) is 0 Å². The van der Waals surface area contributed by atoms with Crippen LogP contribution in [0.25, 0.3) is 0 Å². The molecule has 1 rings (SSSR count). The number of carboxylic acid groups (broad SMARTS) is 1. The fraction of sp³-hybridized carbons (Fsp3) is 0.773. The minimum absolute atomic E-state index is 0.0683. The van der Waals surface area contributed by atoms with Gasteiger partial charge in [0.05, 0.1) is 6.54 Å². The Morgan fingerprint density at radius 2 is 1.75 bits per heavy atom. The quantitative estimate of drug-likeness (QED) is 0.211. The van der Waals surface area contributed by atoms with Gasteiger partial charge in [0.25, 0.3) is 0 Å². The Labute approximate surface area is 169 Å². The molecule has 0 spiro atoms. The summed E-state index contributed by atoms with van der Waals surface area (Å²) >= 11 is 0. The van der Waals surface area contributed by atoms with E-state index in [1.54, 1.807) is 16.4 Å². The Morgan fingerprint density at radius 3 is 2.36 bits per heavy atom. The highest BCUT2D eigenvalue weighted by atomic mass is 16.6. The van der Waals surface area contributed by atoms with Crippen LogP contribution >= 0.6 is 0 Å². The normalized spacial score (nSPS) is 14.9. The minimum atomic E-state index is -0.880. The number of carbonyl (C=O) groups excluding carboxylic acids is 1. The average molecular weight is 394 g/mol. The van der Waals surface area contributed by atoms with E-state index in [9.17, 15) is 9.59 Å². The van der Waals surface area contributed by atoms with Crippen molar-refractivity contribution in [3.8, 4) is 12.0 Å². The van der Waals surface area contributed by atoms with Gasteiger partial charge in [-0.2, -0.15) is 0 Å². The molecule has 1 N–H and O–H groups in total. The van der Waals surface area contributed by atoms with E-state index < -0.39 is 12.2 Å². The van der Waals surface area contributed by atoms with Gasteiger partial charge in [-0.05, 0) is 13.3 Å². The van der Waals surface area contributed by atoms with Crippen LogP contribution in [-0.2, 0) is 14.3 Å². The average Bonchev–Trinajstić information content (AvgIpc) is 2.82. The van der Waals surface area contributed by atoms with E-state index in [0.29, 0.717) is 19.5 Å². The standard InChI is InChI=1S/C22H36N2O4/c1-4-5-6-7-8-9-10-11-12-13-22(27)28-20(3)23-15-14-19(2)24(17-16-23)18-21(25)26/h20H,4-13,16-18H2,1-3H3/p+1. The van der Waals surface area contributed by atoms with Crippen LogP contribution < -0.4 is 0 Å². The van der Waals surface area contributed by atoms with Crippen LogP contribution in [0, 0.1) is 12.0 Å². The van der Waals surface area contributed by atoms with Crippen molar-refractivity contribution in [2.75, 3.05) is 19.6 Å². The molecule has 158 valence electrons. The molecule has 6 heteroatoms. The van der Waals surface area contributed by atoms with Crippen molar-refractivity contribution >= 4 is 17.7 Å². The number of hydrogen-bond acceptors (Lipinski definition) is 4. The molecule has 1 heterocycles. The number of unbranched alkanes of at least 4 members (excludes halogenated alkanes) is 8. The van der Waals surface area contributed by atoms with Crippen LogP contribution in [0.3, 0.4) is 0 Å². The summed E-state index contributed by atoms with van der Waals surface area (Å²) in [5, 5.41) is 8.97. The first-order valence-electron chi connectivity index (χ1n) is 10.7. The van der Waals surface area contributed by atoms with Crippen molar-refractivity contribution in [1.29, 1.82) is 0 Å². The number of ether oxygens (including phenoxy) is 1. The highest BCUT2D eigenvalue weighted by molar-refractivity contribution is 5.94. The van der Waals surface area contributed by atoms with Gasteiger partial charge in [-0.3, -0.25) is 9.69 Å². The lowest BCUT2D eigenvalue weighted by Crippen LogP contribution is -2.37. The molecule has 0 saturated heterocycles. The lowest BCUT2D eigenvalue weighted by Gasteiger charge is -2.23. The van der Waals surface area contributed by atoms with Gasteiger partial charge >= 0.3 is 11.9 Å². The molecule has 1 unspecified atom stereocenters. The number of hydrogen-bond donors (Lipinski definition) is 1. The summed E-state index contributed by atoms with van der Waals surface area (Å²) in [4.78, 5) is 24.8. The van der Waals surface area contributed by atoms with E-state index >= 15 is 0 Å². The summed E-state index contributed by atoms with van der Waals surface area (Å²) in [7, 11) is 0. The molecule has 0 aromatic carbocycles. The monoisotopic (exact) mass is 393 g/mol. The van der Waals surface area contributed by atoms with E-state index in [4.69, 9.17) is 9.84 Å². The summed E-state index contributed by atoms with van der Waals surface area (Å²) in [6, 6.07) is 2.98. The van der Waals surface area contributed by atoms with Crippen molar-refractivity contribution in [2.24, 2.45) is 0 Å². The maximum atomic E-state index is 12.1. The fourth-order valence-electron chi connectivity index (χ4n) is 3.21. The summed E-state index contributed by atoms with van der Waals surface area (Å²) < 4.78 is 7.24. The van der Waals surface area contributed by atoms with Crippen LogP contribution in [0.5, 0.6) is 0 Å². The molecule has 1 atom stereocenters. The van der Waals surface area contributed by atoms with E-state index in [-0.39, 0.29) is 12.5 Å². The lowest BCUT2D eigenvalue weighted by molar-refractivity contribution is -0.517. The molecule has 0 bridgehead atoms. The largest absolute Gasteiger partial charge is 0.477 e. The third-order valence-electron chi connectivity index (χ3n) is 5.02. The Bertz CT molecular complexity index is 589. The van der Waals surface area contributed by atoms with Crippen LogP contribution in [-0.4, -0.2) is 58.1 Å². The summed E-state index contributed by atoms with van der Waals surface area (Å²) in [6.07, 6.45) is 10.9.